The number of alkyl halides is 3. The number of nitrogens with one attached hydrogen (secondary N) is 1. The van der Waals surface area contributed by atoms with Crippen LogP contribution in [-0.4, -0.2) is 14.5 Å². The topological polar surface area (TPSA) is 90.1 Å². The van der Waals surface area contributed by atoms with Gasteiger partial charge in [0.1, 0.15) is 5.82 Å². The van der Waals surface area contributed by atoms with Gasteiger partial charge < -0.3 is 5.32 Å². The second kappa shape index (κ2) is 7.47. The molecule has 0 saturated carbocycles. The molecule has 0 aliphatic carbocycles. The van der Waals surface area contributed by atoms with Gasteiger partial charge in [0.2, 0.25) is 0 Å². The van der Waals surface area contributed by atoms with Gasteiger partial charge in [0.25, 0.3) is 5.69 Å². The molecule has 29 heavy (non-hydrogen) atoms. The highest BCUT2D eigenvalue weighted by atomic mass is 79.9. The van der Waals surface area contributed by atoms with Crippen LogP contribution in [0.1, 0.15) is 24.1 Å². The molecule has 1 aromatic heterocycles. The summed E-state index contributed by atoms with van der Waals surface area (Å²) in [6, 6.07) is 6.75. The summed E-state index contributed by atoms with van der Waals surface area (Å²) in [6.07, 6.45) is -4.74. The molecule has 0 amide bonds. The Hall–Kier alpha value is -2.95. The molecule has 3 aromatic rings. The molecule has 0 saturated heterocycles. The Morgan fingerprint density at radius 3 is 2.55 bits per heavy atom. The monoisotopic (exact) mass is 470 g/mol. The molecular weight excluding hydrogens is 457 g/mol. The lowest BCUT2D eigenvalue weighted by Crippen LogP contribution is -2.23. The van der Waals surface area contributed by atoms with E-state index in [1.807, 2.05) is 0 Å². The van der Waals surface area contributed by atoms with Gasteiger partial charge in [-0.25, -0.2) is 4.79 Å². The first kappa shape index (κ1) is 20.8. The Kier molecular flexibility index (Phi) is 5.35. The summed E-state index contributed by atoms with van der Waals surface area (Å²) in [6.45, 7) is 1.53. The van der Waals surface area contributed by atoms with E-state index >= 15 is 0 Å². The molecule has 1 atom stereocenters. The van der Waals surface area contributed by atoms with Crippen molar-refractivity contribution in [1.29, 1.82) is 0 Å². The average Bonchev–Trinajstić information content (AvgIpc) is 2.64. The number of fused-ring (bicyclic) bond motifs is 1. The number of non-ortho nitro benzene ring substituents is 1. The second-order valence-corrected chi connectivity index (χ2v) is 7.31. The zero-order valence-electron chi connectivity index (χ0n) is 15.1. The number of nitro groups is 1. The number of nitro benzene ring substituents is 1. The van der Waals surface area contributed by atoms with Crippen LogP contribution in [0, 0.1) is 10.1 Å². The zero-order valence-corrected chi connectivity index (χ0v) is 16.7. The predicted molar refractivity (Wildman–Crippen MR) is 105 cm³/mol. The third kappa shape index (κ3) is 4.24. The van der Waals surface area contributed by atoms with E-state index in [0.717, 1.165) is 16.6 Å². The van der Waals surface area contributed by atoms with Gasteiger partial charge >= 0.3 is 11.9 Å². The van der Waals surface area contributed by atoms with E-state index in [9.17, 15) is 28.1 Å². The lowest BCUT2D eigenvalue weighted by Gasteiger charge is -2.18. The SMILES string of the molecule is CC(Nc1nc(=O)n(C)c2ccc(Br)cc12)c1cc([N+](=O)[O-])cc(C(F)(F)F)c1. The van der Waals surface area contributed by atoms with Crippen LogP contribution >= 0.6 is 15.9 Å². The Balaban J connectivity index is 2.09. The molecule has 0 bridgehead atoms. The zero-order chi connectivity index (χ0) is 21.5. The fraction of sp³-hybridized carbons (Fsp3) is 0.222. The molecule has 3 rings (SSSR count). The smallest absolute Gasteiger partial charge is 0.363 e. The normalized spacial score (nSPS) is 12.8. The van der Waals surface area contributed by atoms with E-state index in [1.54, 1.807) is 25.2 Å². The number of hydrogen-bond donors (Lipinski definition) is 1. The van der Waals surface area contributed by atoms with E-state index in [1.165, 1.54) is 11.5 Å². The highest BCUT2D eigenvalue weighted by molar-refractivity contribution is 9.10. The number of halogens is 4. The standard InChI is InChI=1S/C18H14BrF3N4O3/c1-9(10-5-11(18(20,21)22)7-13(6-10)26(28)29)23-16-14-8-12(19)3-4-15(14)25(2)17(27)24-16/h3-9H,1-2H3,(H,23,24,27). The minimum absolute atomic E-state index is 0.0390. The first-order chi connectivity index (χ1) is 13.5. The van der Waals surface area contributed by atoms with Gasteiger partial charge in [0, 0.05) is 29.0 Å². The summed E-state index contributed by atoms with van der Waals surface area (Å²) in [4.78, 5) is 26.3. The van der Waals surface area contributed by atoms with Gasteiger partial charge in [-0.15, -0.1) is 0 Å². The van der Waals surface area contributed by atoms with Crippen molar-refractivity contribution in [2.75, 3.05) is 5.32 Å². The summed E-state index contributed by atoms with van der Waals surface area (Å²) >= 11 is 3.33. The molecule has 1 N–H and O–H groups in total. The van der Waals surface area contributed by atoms with Crippen molar-refractivity contribution in [1.82, 2.24) is 9.55 Å². The van der Waals surface area contributed by atoms with Crippen LogP contribution < -0.4 is 11.0 Å². The van der Waals surface area contributed by atoms with E-state index in [-0.39, 0.29) is 11.4 Å². The second-order valence-electron chi connectivity index (χ2n) is 6.40. The van der Waals surface area contributed by atoms with E-state index < -0.39 is 34.1 Å². The fourth-order valence-electron chi connectivity index (χ4n) is 2.88. The molecule has 0 spiro atoms. The lowest BCUT2D eigenvalue weighted by atomic mass is 10.0. The van der Waals surface area contributed by atoms with E-state index in [4.69, 9.17) is 0 Å². The van der Waals surface area contributed by atoms with Gasteiger partial charge in [0.15, 0.2) is 0 Å². The molecule has 152 valence electrons. The number of benzene rings is 2. The molecule has 0 fully saturated rings. The Bertz CT molecular complexity index is 1180. The number of hydrogen-bond acceptors (Lipinski definition) is 5. The largest absolute Gasteiger partial charge is 0.416 e. The number of nitrogens with zero attached hydrogens (tertiary/aromatic N) is 3. The lowest BCUT2D eigenvalue weighted by molar-refractivity contribution is -0.385. The molecule has 11 heteroatoms. The Labute approximate surface area is 170 Å². The minimum Gasteiger partial charge on any atom is -0.363 e. The molecule has 0 radical (unpaired) electrons. The quantitative estimate of drug-likeness (QED) is 0.437. The molecule has 0 aliphatic heterocycles. The van der Waals surface area contributed by atoms with Gasteiger partial charge in [0.05, 0.1) is 22.0 Å². The van der Waals surface area contributed by atoms with Gasteiger partial charge in [-0.2, -0.15) is 18.2 Å². The molecule has 1 unspecified atom stereocenters. The van der Waals surface area contributed by atoms with E-state index in [0.29, 0.717) is 17.0 Å². The van der Waals surface area contributed by atoms with Crippen molar-refractivity contribution >= 4 is 38.3 Å². The summed E-state index contributed by atoms with van der Waals surface area (Å²) in [5, 5.41) is 14.5. The van der Waals surface area contributed by atoms with Crippen LogP contribution in [-0.2, 0) is 13.2 Å². The molecule has 7 nitrogen and oxygen atoms in total. The number of aryl methyl sites for hydroxylation is 1. The summed E-state index contributed by atoms with van der Waals surface area (Å²) in [5.74, 6) is 0.164. The number of anilines is 1. The van der Waals surface area contributed by atoms with Crippen LogP contribution in [0.4, 0.5) is 24.7 Å². The van der Waals surface area contributed by atoms with Crippen molar-refractivity contribution < 1.29 is 18.1 Å². The molecular formula is C18H14BrF3N4O3. The average molecular weight is 471 g/mol. The first-order valence-electron chi connectivity index (χ1n) is 8.27. The van der Waals surface area contributed by atoms with Gasteiger partial charge in [-0.1, -0.05) is 15.9 Å². The minimum atomic E-state index is -4.74. The van der Waals surface area contributed by atoms with Crippen LogP contribution in [0.2, 0.25) is 0 Å². The maximum atomic E-state index is 13.1. The van der Waals surface area contributed by atoms with Gasteiger partial charge in [-0.05, 0) is 36.8 Å². The Morgan fingerprint density at radius 1 is 1.24 bits per heavy atom. The number of rotatable bonds is 4. The summed E-state index contributed by atoms with van der Waals surface area (Å²) in [5.41, 5.74) is -1.74. The molecule has 1 heterocycles. The van der Waals surface area contributed by atoms with Crippen molar-refractivity contribution in [2.45, 2.75) is 19.1 Å². The molecule has 2 aromatic carbocycles. The molecule has 0 aliphatic rings. The van der Waals surface area contributed by atoms with E-state index in [2.05, 4.69) is 26.2 Å². The maximum absolute atomic E-state index is 13.1. The van der Waals surface area contributed by atoms with Crippen LogP contribution in [0.5, 0.6) is 0 Å². The van der Waals surface area contributed by atoms with Crippen molar-refractivity contribution in [3.05, 3.63) is 72.6 Å². The summed E-state index contributed by atoms with van der Waals surface area (Å²) in [7, 11) is 1.55. The summed E-state index contributed by atoms with van der Waals surface area (Å²) < 4.78 is 41.5. The van der Waals surface area contributed by atoms with Crippen LogP contribution in [0.3, 0.4) is 0 Å². The Morgan fingerprint density at radius 2 is 1.93 bits per heavy atom. The highest BCUT2D eigenvalue weighted by Gasteiger charge is 2.33. The van der Waals surface area contributed by atoms with Crippen LogP contribution in [0.15, 0.2) is 45.7 Å². The van der Waals surface area contributed by atoms with Crippen molar-refractivity contribution in [3.8, 4) is 0 Å². The predicted octanol–water partition coefficient (Wildman–Crippen LogP) is 4.80. The number of aromatic nitrogens is 2. The van der Waals surface area contributed by atoms with Gasteiger partial charge in [-0.3, -0.25) is 14.7 Å². The van der Waals surface area contributed by atoms with Crippen molar-refractivity contribution in [2.24, 2.45) is 7.05 Å². The fourth-order valence-corrected chi connectivity index (χ4v) is 3.24. The first-order valence-corrected chi connectivity index (χ1v) is 9.06. The van der Waals surface area contributed by atoms with Crippen LogP contribution in [0.25, 0.3) is 10.9 Å². The highest BCUT2D eigenvalue weighted by Crippen LogP contribution is 2.35. The van der Waals surface area contributed by atoms with Crippen molar-refractivity contribution in [3.63, 3.8) is 0 Å². The third-order valence-electron chi connectivity index (χ3n) is 4.40. The third-order valence-corrected chi connectivity index (χ3v) is 4.89. The maximum Gasteiger partial charge on any atom is 0.416 e.